The molecule has 0 aliphatic rings. The zero-order valence-electron chi connectivity index (χ0n) is 11.1. The van der Waals surface area contributed by atoms with Gasteiger partial charge in [-0.25, -0.2) is 0 Å². The summed E-state index contributed by atoms with van der Waals surface area (Å²) in [7, 11) is 0. The Hall–Kier alpha value is -1.39. The molecule has 1 unspecified atom stereocenters. The van der Waals surface area contributed by atoms with Crippen LogP contribution in [0.15, 0.2) is 53.0 Å². The Bertz CT molecular complexity index is 567. The molecule has 0 bridgehead atoms. The molecule has 20 heavy (non-hydrogen) atoms. The molecule has 2 aromatic carbocycles. The molecule has 0 heterocycles. The van der Waals surface area contributed by atoms with Crippen LogP contribution in [0.25, 0.3) is 0 Å². The number of hydrogen-bond donors (Lipinski definition) is 1. The minimum absolute atomic E-state index is 0.0642. The van der Waals surface area contributed by atoms with Gasteiger partial charge in [-0.3, -0.25) is 4.39 Å². The van der Waals surface area contributed by atoms with Gasteiger partial charge in [-0.15, -0.1) is 0 Å². The van der Waals surface area contributed by atoms with Crippen LogP contribution in [0.5, 0.6) is 11.5 Å². The van der Waals surface area contributed by atoms with Crippen LogP contribution in [-0.4, -0.2) is 11.8 Å². The fraction of sp³-hybridized carbons (Fsp3) is 0.250. The van der Waals surface area contributed by atoms with Crippen LogP contribution in [0.1, 0.15) is 18.9 Å². The molecule has 0 amide bonds. The van der Waals surface area contributed by atoms with Gasteiger partial charge in [0.2, 0.25) is 0 Å². The van der Waals surface area contributed by atoms with E-state index in [4.69, 9.17) is 4.74 Å². The van der Waals surface area contributed by atoms with Gasteiger partial charge in [-0.05, 0) is 48.9 Å². The molecule has 0 radical (unpaired) electrons. The van der Waals surface area contributed by atoms with Crippen molar-refractivity contribution in [3.8, 4) is 11.5 Å². The molecule has 0 aromatic heterocycles. The Labute approximate surface area is 126 Å². The first-order chi connectivity index (χ1) is 9.51. The monoisotopic (exact) mass is 338 g/mol. The molecule has 0 aliphatic carbocycles. The van der Waals surface area contributed by atoms with Crippen molar-refractivity contribution in [3.05, 3.63) is 58.6 Å². The summed E-state index contributed by atoms with van der Waals surface area (Å²) in [6.45, 7) is 1.04. The van der Waals surface area contributed by atoms with Crippen molar-refractivity contribution in [2.75, 3.05) is 6.67 Å². The van der Waals surface area contributed by atoms with Crippen LogP contribution in [0.3, 0.4) is 0 Å². The zero-order valence-corrected chi connectivity index (χ0v) is 12.7. The van der Waals surface area contributed by atoms with Crippen LogP contribution < -0.4 is 4.74 Å². The van der Waals surface area contributed by atoms with E-state index < -0.39 is 12.3 Å². The summed E-state index contributed by atoms with van der Waals surface area (Å²) >= 11 is 3.36. The van der Waals surface area contributed by atoms with Gasteiger partial charge < -0.3 is 9.84 Å². The fourth-order valence-corrected chi connectivity index (χ4v) is 2.13. The lowest BCUT2D eigenvalue weighted by atomic mass is 9.93. The highest BCUT2D eigenvalue weighted by Crippen LogP contribution is 2.30. The van der Waals surface area contributed by atoms with Gasteiger partial charge in [0.1, 0.15) is 11.5 Å². The van der Waals surface area contributed by atoms with E-state index in [-0.39, 0.29) is 6.42 Å². The number of rotatable bonds is 5. The molecule has 4 heteroatoms. The van der Waals surface area contributed by atoms with Crippen molar-refractivity contribution in [1.29, 1.82) is 0 Å². The summed E-state index contributed by atoms with van der Waals surface area (Å²) in [5.41, 5.74) is -0.543. The second-order valence-corrected chi connectivity index (χ2v) is 5.71. The predicted octanol–water partition coefficient (Wildman–Crippen LogP) is 4.81. The molecule has 2 rings (SSSR count). The highest BCUT2D eigenvalue weighted by Gasteiger charge is 2.23. The van der Waals surface area contributed by atoms with Gasteiger partial charge in [0.05, 0.1) is 12.3 Å². The Morgan fingerprint density at radius 1 is 1.15 bits per heavy atom. The molecule has 0 fully saturated rings. The third kappa shape index (κ3) is 3.81. The van der Waals surface area contributed by atoms with Crippen molar-refractivity contribution < 1.29 is 14.2 Å². The number of alkyl halides is 1. The Balaban J connectivity index is 2.19. The SMILES string of the molecule is CC(O)(CCF)c1cccc(Oc2ccc(Br)cc2)c1. The highest BCUT2D eigenvalue weighted by atomic mass is 79.9. The average Bonchev–Trinajstić information content (AvgIpc) is 2.42. The van der Waals surface area contributed by atoms with Gasteiger partial charge in [-0.2, -0.15) is 0 Å². The molecule has 1 N–H and O–H groups in total. The van der Waals surface area contributed by atoms with Crippen molar-refractivity contribution in [1.82, 2.24) is 0 Å². The van der Waals surface area contributed by atoms with Gasteiger partial charge in [0, 0.05) is 10.9 Å². The maximum atomic E-state index is 12.5. The van der Waals surface area contributed by atoms with E-state index in [1.807, 2.05) is 24.3 Å². The van der Waals surface area contributed by atoms with E-state index in [1.54, 1.807) is 31.2 Å². The van der Waals surface area contributed by atoms with Crippen LogP contribution in [0.2, 0.25) is 0 Å². The fourth-order valence-electron chi connectivity index (χ4n) is 1.86. The second kappa shape index (κ2) is 6.37. The topological polar surface area (TPSA) is 29.5 Å². The molecule has 0 aliphatic heterocycles. The maximum Gasteiger partial charge on any atom is 0.127 e. The van der Waals surface area contributed by atoms with Gasteiger partial charge in [0.15, 0.2) is 0 Å². The maximum absolute atomic E-state index is 12.5. The molecular formula is C16H16BrFO2. The summed E-state index contributed by atoms with van der Waals surface area (Å²) in [5.74, 6) is 1.32. The smallest absolute Gasteiger partial charge is 0.127 e. The molecule has 2 nitrogen and oxygen atoms in total. The first-order valence-corrected chi connectivity index (χ1v) is 7.13. The van der Waals surface area contributed by atoms with Crippen LogP contribution in [-0.2, 0) is 5.60 Å². The average molecular weight is 339 g/mol. The van der Waals surface area contributed by atoms with Gasteiger partial charge >= 0.3 is 0 Å². The first-order valence-electron chi connectivity index (χ1n) is 6.33. The van der Waals surface area contributed by atoms with Crippen molar-refractivity contribution in [3.63, 3.8) is 0 Å². The largest absolute Gasteiger partial charge is 0.457 e. The molecule has 106 valence electrons. The third-order valence-corrected chi connectivity index (χ3v) is 3.62. The van der Waals surface area contributed by atoms with Gasteiger partial charge in [-0.1, -0.05) is 28.1 Å². The van der Waals surface area contributed by atoms with Crippen LogP contribution in [0, 0.1) is 0 Å². The normalized spacial score (nSPS) is 13.8. The van der Waals surface area contributed by atoms with E-state index in [0.29, 0.717) is 17.1 Å². The second-order valence-electron chi connectivity index (χ2n) is 4.80. The first kappa shape index (κ1) is 15.0. The van der Waals surface area contributed by atoms with E-state index in [1.165, 1.54) is 0 Å². The Kier molecular flexibility index (Phi) is 4.78. The lowest BCUT2D eigenvalue weighted by Gasteiger charge is -2.22. The van der Waals surface area contributed by atoms with Gasteiger partial charge in [0.25, 0.3) is 0 Å². The zero-order chi connectivity index (χ0) is 14.6. The summed E-state index contributed by atoms with van der Waals surface area (Å²) in [5, 5.41) is 10.2. The van der Waals surface area contributed by atoms with Crippen molar-refractivity contribution >= 4 is 15.9 Å². The number of benzene rings is 2. The number of halogens is 2. The van der Waals surface area contributed by atoms with E-state index in [9.17, 15) is 9.50 Å². The third-order valence-electron chi connectivity index (χ3n) is 3.09. The van der Waals surface area contributed by atoms with E-state index >= 15 is 0 Å². The summed E-state index contributed by atoms with van der Waals surface area (Å²) in [6.07, 6.45) is 0.0642. The number of ether oxygens (including phenoxy) is 1. The van der Waals surface area contributed by atoms with Crippen molar-refractivity contribution in [2.24, 2.45) is 0 Å². The molecule has 0 saturated heterocycles. The summed E-state index contributed by atoms with van der Waals surface area (Å²) in [4.78, 5) is 0. The van der Waals surface area contributed by atoms with Crippen molar-refractivity contribution in [2.45, 2.75) is 18.9 Å². The van der Waals surface area contributed by atoms with Crippen LogP contribution in [0.4, 0.5) is 4.39 Å². The Morgan fingerprint density at radius 3 is 2.50 bits per heavy atom. The summed E-state index contributed by atoms with van der Waals surface area (Å²) < 4.78 is 19.2. The molecular weight excluding hydrogens is 323 g/mol. The summed E-state index contributed by atoms with van der Waals surface area (Å²) in [6, 6.07) is 14.6. The highest BCUT2D eigenvalue weighted by molar-refractivity contribution is 9.10. The lowest BCUT2D eigenvalue weighted by Crippen LogP contribution is -2.21. The molecule has 2 aromatic rings. The number of hydrogen-bond acceptors (Lipinski definition) is 2. The van der Waals surface area contributed by atoms with E-state index in [2.05, 4.69) is 15.9 Å². The lowest BCUT2D eigenvalue weighted by molar-refractivity contribution is 0.0406. The molecule has 0 saturated carbocycles. The molecule has 1 atom stereocenters. The standard InChI is InChI=1S/C16H16BrFO2/c1-16(19,9-10-18)12-3-2-4-15(11-12)20-14-7-5-13(17)6-8-14/h2-8,11,19H,9-10H2,1H3. The predicted molar refractivity (Wildman–Crippen MR) is 80.8 cm³/mol. The minimum Gasteiger partial charge on any atom is -0.457 e. The van der Waals surface area contributed by atoms with E-state index in [0.717, 1.165) is 4.47 Å². The minimum atomic E-state index is -1.19. The number of aliphatic hydroxyl groups is 1. The van der Waals surface area contributed by atoms with Crippen LogP contribution >= 0.6 is 15.9 Å². The Morgan fingerprint density at radius 2 is 1.85 bits per heavy atom. The quantitative estimate of drug-likeness (QED) is 0.847. The molecule has 0 spiro atoms.